The van der Waals surface area contributed by atoms with Crippen molar-refractivity contribution >= 4 is 28.9 Å². The van der Waals surface area contributed by atoms with Gasteiger partial charge in [0.1, 0.15) is 11.6 Å². The van der Waals surface area contributed by atoms with Crippen LogP contribution in [0.5, 0.6) is 0 Å². The summed E-state index contributed by atoms with van der Waals surface area (Å²) in [7, 11) is 0. The minimum atomic E-state index is -0.319. The lowest BCUT2D eigenvalue weighted by Gasteiger charge is -2.01. The van der Waals surface area contributed by atoms with Gasteiger partial charge >= 0.3 is 0 Å². The minimum absolute atomic E-state index is 0.0120. The molecule has 1 aromatic carbocycles. The van der Waals surface area contributed by atoms with Crippen molar-refractivity contribution in [1.29, 1.82) is 0 Å². The number of carbonyl (C=O) groups is 1. The van der Waals surface area contributed by atoms with Gasteiger partial charge in [0.15, 0.2) is 4.34 Å². The molecule has 94 valence electrons. The molecule has 0 radical (unpaired) electrons. The Morgan fingerprint density at radius 2 is 2.22 bits per heavy atom. The van der Waals surface area contributed by atoms with Gasteiger partial charge in [0.05, 0.1) is 5.75 Å². The third kappa shape index (κ3) is 3.65. The molecule has 0 amide bonds. The first kappa shape index (κ1) is 13.2. The van der Waals surface area contributed by atoms with Crippen LogP contribution in [0.2, 0.25) is 0 Å². The van der Waals surface area contributed by atoms with E-state index in [9.17, 15) is 9.18 Å². The van der Waals surface area contributed by atoms with Crippen molar-refractivity contribution in [3.63, 3.8) is 0 Å². The Balaban J connectivity index is 1.88. The van der Waals surface area contributed by atoms with E-state index in [1.54, 1.807) is 18.2 Å². The maximum Gasteiger partial charge on any atom is 0.150 e. The highest BCUT2D eigenvalue weighted by atomic mass is 32.2. The number of aryl methyl sites for hydroxylation is 1. The number of hydrogen-bond acceptors (Lipinski definition) is 4. The average molecular weight is 281 g/mol. The molecule has 0 saturated carbocycles. The van der Waals surface area contributed by atoms with Crippen molar-refractivity contribution in [2.45, 2.75) is 17.7 Å². The minimum Gasteiger partial charge on any atom is -0.298 e. The zero-order valence-corrected chi connectivity index (χ0v) is 11.5. The molecule has 5 heteroatoms. The monoisotopic (exact) mass is 281 g/mol. The number of benzene rings is 1. The van der Waals surface area contributed by atoms with Gasteiger partial charge in [-0.05, 0) is 18.6 Å². The highest BCUT2D eigenvalue weighted by molar-refractivity contribution is 8.01. The van der Waals surface area contributed by atoms with Gasteiger partial charge in [-0.15, -0.1) is 11.3 Å². The van der Waals surface area contributed by atoms with E-state index in [1.807, 2.05) is 12.3 Å². The number of carbonyl (C=O) groups excluding carboxylic acids is 1. The van der Waals surface area contributed by atoms with Crippen LogP contribution in [0, 0.1) is 12.7 Å². The summed E-state index contributed by atoms with van der Waals surface area (Å²) >= 11 is 2.94. The zero-order valence-electron chi connectivity index (χ0n) is 9.85. The standard InChI is InChI=1S/C13H12FNOS2/c1-9-7-17-13(15-9)18-8-11(16)6-10-4-2-3-5-12(10)14/h2-5,7H,6,8H2,1H3. The first-order valence-corrected chi connectivity index (χ1v) is 7.31. The van der Waals surface area contributed by atoms with Crippen LogP contribution < -0.4 is 0 Å². The SMILES string of the molecule is Cc1csc(SCC(=O)Cc2ccccc2F)n1. The molecular formula is C13H12FNOS2. The molecule has 0 spiro atoms. The highest BCUT2D eigenvalue weighted by Crippen LogP contribution is 2.22. The second-order valence-corrected chi connectivity index (χ2v) is 5.93. The number of hydrogen-bond donors (Lipinski definition) is 0. The largest absolute Gasteiger partial charge is 0.298 e. The Morgan fingerprint density at radius 1 is 1.44 bits per heavy atom. The number of Topliss-reactive ketones (excluding diaryl/α,β-unsaturated/α-hetero) is 1. The van der Waals surface area contributed by atoms with E-state index in [2.05, 4.69) is 4.98 Å². The van der Waals surface area contributed by atoms with Gasteiger partial charge in [-0.3, -0.25) is 4.79 Å². The van der Waals surface area contributed by atoms with Gasteiger partial charge in [0.2, 0.25) is 0 Å². The second-order valence-electron chi connectivity index (χ2n) is 3.85. The summed E-state index contributed by atoms with van der Waals surface area (Å²) in [5.41, 5.74) is 1.42. The van der Waals surface area contributed by atoms with E-state index < -0.39 is 0 Å². The maximum absolute atomic E-state index is 13.3. The number of rotatable bonds is 5. The number of aromatic nitrogens is 1. The molecule has 0 atom stereocenters. The van der Waals surface area contributed by atoms with Gasteiger partial charge in [0.25, 0.3) is 0 Å². The average Bonchev–Trinajstić information content (AvgIpc) is 2.76. The van der Waals surface area contributed by atoms with Gasteiger partial charge in [-0.1, -0.05) is 30.0 Å². The van der Waals surface area contributed by atoms with E-state index >= 15 is 0 Å². The Labute approximate surface area is 113 Å². The van der Waals surface area contributed by atoms with E-state index in [1.165, 1.54) is 29.2 Å². The summed E-state index contributed by atoms with van der Waals surface area (Å²) in [6.07, 6.45) is 0.143. The van der Waals surface area contributed by atoms with Crippen molar-refractivity contribution in [2.24, 2.45) is 0 Å². The van der Waals surface area contributed by atoms with E-state index in [-0.39, 0.29) is 18.0 Å². The molecule has 1 aromatic heterocycles. The van der Waals surface area contributed by atoms with Crippen LogP contribution in [0.25, 0.3) is 0 Å². The number of thioether (sulfide) groups is 1. The normalized spacial score (nSPS) is 10.6. The Bertz CT molecular complexity index is 553. The van der Waals surface area contributed by atoms with Gasteiger partial charge < -0.3 is 0 Å². The molecule has 2 rings (SSSR count). The zero-order chi connectivity index (χ0) is 13.0. The summed E-state index contributed by atoms with van der Waals surface area (Å²) in [5.74, 6) is 0.0280. The van der Waals surface area contributed by atoms with Gasteiger partial charge in [-0.25, -0.2) is 9.37 Å². The Morgan fingerprint density at radius 3 is 2.89 bits per heavy atom. The molecule has 2 aromatic rings. The van der Waals surface area contributed by atoms with Crippen molar-refractivity contribution in [1.82, 2.24) is 4.98 Å². The molecule has 18 heavy (non-hydrogen) atoms. The van der Waals surface area contributed by atoms with Crippen LogP contribution in [0.1, 0.15) is 11.3 Å². The Hall–Kier alpha value is -1.20. The molecule has 2 nitrogen and oxygen atoms in total. The van der Waals surface area contributed by atoms with E-state index in [4.69, 9.17) is 0 Å². The number of nitrogens with zero attached hydrogens (tertiary/aromatic N) is 1. The summed E-state index contributed by atoms with van der Waals surface area (Å²) in [4.78, 5) is 16.0. The molecular weight excluding hydrogens is 269 g/mol. The Kier molecular flexibility index (Phi) is 4.49. The summed E-state index contributed by atoms with van der Waals surface area (Å²) in [5, 5.41) is 1.95. The fourth-order valence-electron chi connectivity index (χ4n) is 1.45. The van der Waals surface area contributed by atoms with Crippen LogP contribution in [0.4, 0.5) is 4.39 Å². The number of halogens is 1. The van der Waals surface area contributed by atoms with Crippen molar-refractivity contribution in [2.75, 3.05) is 5.75 Å². The van der Waals surface area contributed by atoms with Crippen molar-refractivity contribution in [3.05, 3.63) is 46.7 Å². The topological polar surface area (TPSA) is 30.0 Å². The predicted molar refractivity (Wildman–Crippen MR) is 72.7 cm³/mol. The lowest BCUT2D eigenvalue weighted by molar-refractivity contribution is -0.116. The van der Waals surface area contributed by atoms with Crippen molar-refractivity contribution < 1.29 is 9.18 Å². The van der Waals surface area contributed by atoms with Gasteiger partial charge in [-0.2, -0.15) is 0 Å². The molecule has 0 fully saturated rings. The molecule has 0 N–H and O–H groups in total. The number of ketones is 1. The lowest BCUT2D eigenvalue weighted by atomic mass is 10.1. The van der Waals surface area contributed by atoms with Crippen LogP contribution >= 0.6 is 23.1 Å². The molecule has 0 bridgehead atoms. The third-order valence-corrected chi connectivity index (χ3v) is 4.50. The van der Waals surface area contributed by atoms with Gasteiger partial charge in [0, 0.05) is 17.5 Å². The first-order chi connectivity index (χ1) is 8.65. The molecule has 0 aliphatic carbocycles. The lowest BCUT2D eigenvalue weighted by Crippen LogP contribution is -2.07. The van der Waals surface area contributed by atoms with Crippen LogP contribution in [0.15, 0.2) is 34.0 Å². The van der Waals surface area contributed by atoms with Crippen molar-refractivity contribution in [3.8, 4) is 0 Å². The van der Waals surface area contributed by atoms with Crippen LogP contribution in [-0.2, 0) is 11.2 Å². The first-order valence-electron chi connectivity index (χ1n) is 5.45. The highest BCUT2D eigenvalue weighted by Gasteiger charge is 2.09. The molecule has 0 aliphatic rings. The van der Waals surface area contributed by atoms with Crippen LogP contribution in [0.3, 0.4) is 0 Å². The molecule has 0 aliphatic heterocycles. The molecule has 0 unspecified atom stereocenters. The summed E-state index contributed by atoms with van der Waals surface area (Å²) < 4.78 is 14.2. The summed E-state index contributed by atoms with van der Waals surface area (Å²) in [6, 6.07) is 6.38. The second kappa shape index (κ2) is 6.11. The van der Waals surface area contributed by atoms with Crippen LogP contribution in [-0.4, -0.2) is 16.5 Å². The number of thiazole rings is 1. The third-order valence-electron chi connectivity index (χ3n) is 2.30. The fourth-order valence-corrected chi connectivity index (χ4v) is 3.16. The van der Waals surface area contributed by atoms with E-state index in [0.29, 0.717) is 11.3 Å². The fraction of sp³-hybridized carbons (Fsp3) is 0.231. The summed E-state index contributed by atoms with van der Waals surface area (Å²) in [6.45, 7) is 1.92. The predicted octanol–water partition coefficient (Wildman–Crippen LogP) is 3.49. The smallest absolute Gasteiger partial charge is 0.150 e. The quantitative estimate of drug-likeness (QED) is 0.786. The molecule has 0 saturated heterocycles. The molecule has 1 heterocycles. The van der Waals surface area contributed by atoms with E-state index in [0.717, 1.165) is 10.0 Å². The maximum atomic E-state index is 13.3.